The topological polar surface area (TPSA) is 88.3 Å². The molecule has 2 amide bonds. The third kappa shape index (κ3) is 5.28. The zero-order valence-corrected chi connectivity index (χ0v) is 16.8. The molecule has 29 heavy (non-hydrogen) atoms. The molecule has 1 aromatic heterocycles. The Kier molecular flexibility index (Phi) is 6.39. The maximum atomic E-state index is 12.4. The summed E-state index contributed by atoms with van der Waals surface area (Å²) >= 11 is 0. The molecule has 0 atom stereocenters. The molecule has 7 heteroatoms. The smallest absolute Gasteiger partial charge is 0.251 e. The van der Waals surface area contributed by atoms with Crippen LogP contribution >= 0.6 is 0 Å². The average molecular weight is 392 g/mol. The van der Waals surface area contributed by atoms with Gasteiger partial charge in [-0.1, -0.05) is 47.1 Å². The minimum Gasteiger partial charge on any atom is -0.355 e. The minimum atomic E-state index is -0.134. The number of aryl methyl sites for hydroxylation is 2. The molecule has 0 unspecified atom stereocenters. The van der Waals surface area contributed by atoms with Gasteiger partial charge in [0.15, 0.2) is 0 Å². The molecule has 3 aromatic rings. The number of aromatic nitrogens is 2. The van der Waals surface area contributed by atoms with Gasteiger partial charge in [-0.15, -0.1) is 0 Å². The molecule has 150 valence electrons. The summed E-state index contributed by atoms with van der Waals surface area (Å²) in [5.41, 5.74) is 3.59. The van der Waals surface area contributed by atoms with Crippen LogP contribution < -0.4 is 5.32 Å². The van der Waals surface area contributed by atoms with Crippen molar-refractivity contribution in [2.45, 2.75) is 26.3 Å². The molecule has 0 aliphatic rings. The Hall–Kier alpha value is -3.48. The lowest BCUT2D eigenvalue weighted by Crippen LogP contribution is -2.26. The normalized spacial score (nSPS) is 10.6. The van der Waals surface area contributed by atoms with Gasteiger partial charge >= 0.3 is 0 Å². The molecule has 7 nitrogen and oxygen atoms in total. The van der Waals surface area contributed by atoms with Gasteiger partial charge in [0.1, 0.15) is 0 Å². The molecule has 1 N–H and O–H groups in total. The van der Waals surface area contributed by atoms with E-state index in [1.165, 1.54) is 0 Å². The van der Waals surface area contributed by atoms with Gasteiger partial charge in [-0.2, -0.15) is 4.98 Å². The Bertz CT molecular complexity index is 978. The van der Waals surface area contributed by atoms with Crippen LogP contribution in [0.5, 0.6) is 0 Å². The molecular weight excluding hydrogens is 368 g/mol. The highest BCUT2D eigenvalue weighted by Gasteiger charge is 2.14. The lowest BCUT2D eigenvalue weighted by Gasteiger charge is -2.17. The second kappa shape index (κ2) is 9.14. The number of carbonyl (C=O) groups is 2. The van der Waals surface area contributed by atoms with Gasteiger partial charge in [-0.3, -0.25) is 9.59 Å². The second-order valence-electron chi connectivity index (χ2n) is 6.90. The SMILES string of the molecule is CNC(=O)c1ccc(CN(C)C(=O)CCc2nc(-c3ccc(C)cc3)no2)cc1. The molecule has 0 fully saturated rings. The summed E-state index contributed by atoms with van der Waals surface area (Å²) in [4.78, 5) is 30.0. The summed E-state index contributed by atoms with van der Waals surface area (Å²) in [6, 6.07) is 15.1. The van der Waals surface area contributed by atoms with Gasteiger partial charge in [-0.05, 0) is 24.6 Å². The van der Waals surface area contributed by atoms with Gasteiger partial charge in [0.25, 0.3) is 5.91 Å². The molecule has 2 aromatic carbocycles. The molecule has 0 saturated heterocycles. The molecule has 3 rings (SSSR count). The quantitative estimate of drug-likeness (QED) is 0.668. The van der Waals surface area contributed by atoms with Gasteiger partial charge in [0, 0.05) is 44.6 Å². The van der Waals surface area contributed by atoms with E-state index in [9.17, 15) is 9.59 Å². The number of amides is 2. The van der Waals surface area contributed by atoms with Crippen molar-refractivity contribution in [1.82, 2.24) is 20.4 Å². The molecule has 0 spiro atoms. The maximum Gasteiger partial charge on any atom is 0.251 e. The Morgan fingerprint density at radius 3 is 2.41 bits per heavy atom. The first-order valence-corrected chi connectivity index (χ1v) is 9.41. The summed E-state index contributed by atoms with van der Waals surface area (Å²) in [6.07, 6.45) is 0.667. The average Bonchev–Trinajstić information content (AvgIpc) is 3.21. The van der Waals surface area contributed by atoms with Gasteiger partial charge < -0.3 is 14.7 Å². The Morgan fingerprint density at radius 2 is 1.76 bits per heavy atom. The van der Waals surface area contributed by atoms with Crippen LogP contribution in [-0.4, -0.2) is 41.0 Å². The van der Waals surface area contributed by atoms with Crippen LogP contribution in [0.1, 0.15) is 33.8 Å². The number of benzene rings is 2. The highest BCUT2D eigenvalue weighted by molar-refractivity contribution is 5.93. The first-order valence-electron chi connectivity index (χ1n) is 9.41. The van der Waals surface area contributed by atoms with E-state index in [2.05, 4.69) is 15.5 Å². The van der Waals surface area contributed by atoms with Crippen LogP contribution in [0.25, 0.3) is 11.4 Å². The van der Waals surface area contributed by atoms with Gasteiger partial charge in [0.2, 0.25) is 17.6 Å². The van der Waals surface area contributed by atoms with E-state index < -0.39 is 0 Å². The number of nitrogens with zero attached hydrogens (tertiary/aromatic N) is 3. The molecular formula is C22H24N4O3. The lowest BCUT2D eigenvalue weighted by atomic mass is 10.1. The Balaban J connectivity index is 1.52. The van der Waals surface area contributed by atoms with Crippen molar-refractivity contribution in [3.63, 3.8) is 0 Å². The number of carbonyl (C=O) groups excluding carboxylic acids is 2. The van der Waals surface area contributed by atoms with E-state index in [0.717, 1.165) is 16.7 Å². The van der Waals surface area contributed by atoms with E-state index in [-0.39, 0.29) is 18.2 Å². The van der Waals surface area contributed by atoms with E-state index in [0.29, 0.717) is 30.2 Å². The first-order chi connectivity index (χ1) is 14.0. The van der Waals surface area contributed by atoms with E-state index in [4.69, 9.17) is 4.52 Å². The fourth-order valence-electron chi connectivity index (χ4n) is 2.85. The second-order valence-corrected chi connectivity index (χ2v) is 6.90. The Labute approximate surface area is 169 Å². The number of nitrogens with one attached hydrogen (secondary N) is 1. The third-order valence-corrected chi connectivity index (χ3v) is 4.62. The van der Waals surface area contributed by atoms with Crippen LogP contribution in [0.4, 0.5) is 0 Å². The van der Waals surface area contributed by atoms with E-state index >= 15 is 0 Å². The largest absolute Gasteiger partial charge is 0.355 e. The maximum absolute atomic E-state index is 12.4. The zero-order chi connectivity index (χ0) is 20.8. The van der Waals surface area contributed by atoms with Crippen molar-refractivity contribution in [3.05, 3.63) is 71.1 Å². The van der Waals surface area contributed by atoms with Crippen molar-refractivity contribution in [3.8, 4) is 11.4 Å². The van der Waals surface area contributed by atoms with Gasteiger partial charge in [-0.25, -0.2) is 0 Å². The molecule has 0 bridgehead atoms. The van der Waals surface area contributed by atoms with Crippen LogP contribution in [0.15, 0.2) is 53.1 Å². The summed E-state index contributed by atoms with van der Waals surface area (Å²) in [7, 11) is 3.34. The van der Waals surface area contributed by atoms with E-state index in [1.807, 2.05) is 43.3 Å². The lowest BCUT2D eigenvalue weighted by molar-refractivity contribution is -0.130. The van der Waals surface area contributed by atoms with Crippen molar-refractivity contribution < 1.29 is 14.1 Å². The predicted octanol–water partition coefficient (Wildman–Crippen LogP) is 3.00. The van der Waals surface area contributed by atoms with Crippen molar-refractivity contribution in [2.75, 3.05) is 14.1 Å². The molecule has 0 aliphatic carbocycles. The zero-order valence-electron chi connectivity index (χ0n) is 16.8. The van der Waals surface area contributed by atoms with Gasteiger partial charge in [0.05, 0.1) is 0 Å². The summed E-state index contributed by atoms with van der Waals surface area (Å²) in [5, 5.41) is 6.58. The number of rotatable bonds is 7. The fourth-order valence-corrected chi connectivity index (χ4v) is 2.85. The molecule has 0 aliphatic heterocycles. The minimum absolute atomic E-state index is 0.0181. The standard InChI is InChI=1S/C22H24N4O3/c1-15-4-8-17(9-5-15)21-24-19(29-25-21)12-13-20(27)26(3)14-16-6-10-18(11-7-16)22(28)23-2/h4-11H,12-14H2,1-3H3,(H,23,28). The van der Waals surface area contributed by atoms with Crippen LogP contribution in [0.2, 0.25) is 0 Å². The Morgan fingerprint density at radius 1 is 1.07 bits per heavy atom. The van der Waals surface area contributed by atoms with Crippen molar-refractivity contribution in [1.29, 1.82) is 0 Å². The van der Waals surface area contributed by atoms with Crippen LogP contribution in [0.3, 0.4) is 0 Å². The monoisotopic (exact) mass is 392 g/mol. The predicted molar refractivity (Wildman–Crippen MR) is 109 cm³/mol. The number of hydrogen-bond acceptors (Lipinski definition) is 5. The van der Waals surface area contributed by atoms with Crippen LogP contribution in [-0.2, 0) is 17.8 Å². The highest BCUT2D eigenvalue weighted by Crippen LogP contribution is 2.17. The summed E-state index contributed by atoms with van der Waals surface area (Å²) in [5.74, 6) is 0.815. The first kappa shape index (κ1) is 20.3. The van der Waals surface area contributed by atoms with Crippen molar-refractivity contribution in [2.24, 2.45) is 0 Å². The molecule has 0 saturated carbocycles. The van der Waals surface area contributed by atoms with E-state index in [1.54, 1.807) is 31.1 Å². The summed E-state index contributed by atoms with van der Waals surface area (Å²) in [6.45, 7) is 2.48. The van der Waals surface area contributed by atoms with Crippen LogP contribution in [0, 0.1) is 6.92 Å². The third-order valence-electron chi connectivity index (χ3n) is 4.62. The molecule has 1 heterocycles. The fraction of sp³-hybridized carbons (Fsp3) is 0.273. The molecule has 0 radical (unpaired) electrons. The highest BCUT2D eigenvalue weighted by atomic mass is 16.5. The van der Waals surface area contributed by atoms with Crippen molar-refractivity contribution >= 4 is 11.8 Å². The summed E-state index contributed by atoms with van der Waals surface area (Å²) < 4.78 is 5.27. The number of hydrogen-bond donors (Lipinski definition) is 1.